The third-order valence-corrected chi connectivity index (χ3v) is 2.03. The van der Waals surface area contributed by atoms with E-state index < -0.39 is 0 Å². The molecule has 0 aliphatic heterocycles. The first kappa shape index (κ1) is 9.72. The van der Waals surface area contributed by atoms with Crippen molar-refractivity contribution in [1.29, 1.82) is 0 Å². The Morgan fingerprint density at radius 1 is 1.27 bits per heavy atom. The summed E-state index contributed by atoms with van der Waals surface area (Å²) in [4.78, 5) is 0. The van der Waals surface area contributed by atoms with Crippen LogP contribution in [0.4, 0.5) is 4.39 Å². The van der Waals surface area contributed by atoms with Crippen LogP contribution < -0.4 is 5.73 Å². The Hall–Kier alpha value is -1.82. The van der Waals surface area contributed by atoms with Gasteiger partial charge in [-0.25, -0.2) is 9.07 Å². The van der Waals surface area contributed by atoms with Crippen molar-refractivity contribution in [2.75, 3.05) is 0 Å². The van der Waals surface area contributed by atoms with E-state index >= 15 is 0 Å². The van der Waals surface area contributed by atoms with Crippen molar-refractivity contribution in [1.82, 2.24) is 20.2 Å². The zero-order valence-electron chi connectivity index (χ0n) is 7.97. The zero-order chi connectivity index (χ0) is 10.7. The molecule has 0 aliphatic rings. The summed E-state index contributed by atoms with van der Waals surface area (Å²) in [6, 6.07) is 6.19. The molecule has 5 nitrogen and oxygen atoms in total. The van der Waals surface area contributed by atoms with Crippen LogP contribution in [0.15, 0.2) is 24.3 Å². The second kappa shape index (κ2) is 4.14. The molecule has 0 radical (unpaired) electrons. The lowest BCUT2D eigenvalue weighted by Gasteiger charge is -2.02. The molecule has 0 aliphatic carbocycles. The van der Waals surface area contributed by atoms with Gasteiger partial charge in [0.2, 0.25) is 0 Å². The Morgan fingerprint density at radius 3 is 2.67 bits per heavy atom. The van der Waals surface area contributed by atoms with Crippen LogP contribution in [0.1, 0.15) is 11.4 Å². The molecule has 1 aromatic heterocycles. The number of hydrogen-bond acceptors (Lipinski definition) is 4. The summed E-state index contributed by atoms with van der Waals surface area (Å²) in [6.45, 7) is 0.786. The fourth-order valence-electron chi connectivity index (χ4n) is 1.25. The molecule has 0 saturated heterocycles. The van der Waals surface area contributed by atoms with Crippen LogP contribution in [0.2, 0.25) is 0 Å². The van der Waals surface area contributed by atoms with E-state index in [9.17, 15) is 4.39 Å². The number of aromatic nitrogens is 4. The molecule has 2 rings (SSSR count). The molecule has 0 atom stereocenters. The highest BCUT2D eigenvalue weighted by Gasteiger charge is 2.04. The maximum atomic E-state index is 12.6. The first-order valence-corrected chi connectivity index (χ1v) is 4.49. The van der Waals surface area contributed by atoms with Gasteiger partial charge in [0, 0.05) is 0 Å². The lowest BCUT2D eigenvalue weighted by Crippen LogP contribution is -2.10. The van der Waals surface area contributed by atoms with Crippen LogP contribution in [0.3, 0.4) is 0 Å². The predicted molar refractivity (Wildman–Crippen MR) is 51.2 cm³/mol. The lowest BCUT2D eigenvalue weighted by molar-refractivity contribution is 0.610. The summed E-state index contributed by atoms with van der Waals surface area (Å²) >= 11 is 0. The average molecular weight is 207 g/mol. The molecule has 0 fully saturated rings. The van der Waals surface area contributed by atoms with Crippen molar-refractivity contribution in [2.24, 2.45) is 5.73 Å². The fraction of sp³-hybridized carbons (Fsp3) is 0.222. The van der Waals surface area contributed by atoms with Crippen molar-refractivity contribution in [2.45, 2.75) is 13.1 Å². The molecule has 6 heteroatoms. The topological polar surface area (TPSA) is 69.6 Å². The van der Waals surface area contributed by atoms with Gasteiger partial charge >= 0.3 is 0 Å². The number of hydrogen-bond donors (Lipinski definition) is 1. The quantitative estimate of drug-likeness (QED) is 0.786. The van der Waals surface area contributed by atoms with Gasteiger partial charge in [-0.1, -0.05) is 12.1 Å². The maximum absolute atomic E-state index is 12.6. The number of nitrogens with zero attached hydrogens (tertiary/aromatic N) is 4. The van der Waals surface area contributed by atoms with Gasteiger partial charge < -0.3 is 5.73 Å². The van der Waals surface area contributed by atoms with Crippen LogP contribution in [-0.4, -0.2) is 20.2 Å². The molecule has 78 valence electrons. The van der Waals surface area contributed by atoms with Gasteiger partial charge in [0.1, 0.15) is 5.82 Å². The van der Waals surface area contributed by atoms with E-state index in [0.717, 1.165) is 5.56 Å². The van der Waals surface area contributed by atoms with E-state index in [1.807, 2.05) is 0 Å². The maximum Gasteiger partial charge on any atom is 0.165 e. The Morgan fingerprint density at radius 2 is 2.00 bits per heavy atom. The van der Waals surface area contributed by atoms with Crippen molar-refractivity contribution in [3.05, 3.63) is 41.5 Å². The van der Waals surface area contributed by atoms with E-state index in [2.05, 4.69) is 15.5 Å². The molecular formula is C9H10FN5. The van der Waals surface area contributed by atoms with Crippen molar-refractivity contribution < 1.29 is 4.39 Å². The van der Waals surface area contributed by atoms with Crippen molar-refractivity contribution in [3.8, 4) is 0 Å². The highest BCUT2D eigenvalue weighted by atomic mass is 19.1. The Kier molecular flexibility index (Phi) is 2.68. The summed E-state index contributed by atoms with van der Waals surface area (Å²) in [5.74, 6) is 0.355. The van der Waals surface area contributed by atoms with Crippen LogP contribution in [0, 0.1) is 5.82 Å². The molecule has 2 aromatic rings. The van der Waals surface area contributed by atoms with Crippen LogP contribution in [-0.2, 0) is 13.1 Å². The van der Waals surface area contributed by atoms with Gasteiger partial charge in [-0.15, -0.1) is 5.10 Å². The highest BCUT2D eigenvalue weighted by molar-refractivity contribution is 5.16. The minimum absolute atomic E-state index is 0.255. The molecule has 0 bridgehead atoms. The van der Waals surface area contributed by atoms with Gasteiger partial charge in [0.25, 0.3) is 0 Å². The normalized spacial score (nSPS) is 10.5. The zero-order valence-corrected chi connectivity index (χ0v) is 7.97. The smallest absolute Gasteiger partial charge is 0.165 e. The number of nitrogens with two attached hydrogens (primary N) is 1. The molecule has 15 heavy (non-hydrogen) atoms. The lowest BCUT2D eigenvalue weighted by atomic mass is 10.2. The number of tetrazole rings is 1. The van der Waals surface area contributed by atoms with E-state index in [-0.39, 0.29) is 12.4 Å². The van der Waals surface area contributed by atoms with Crippen LogP contribution in [0.5, 0.6) is 0 Å². The second-order valence-corrected chi connectivity index (χ2v) is 3.08. The molecule has 0 amide bonds. The SMILES string of the molecule is NCc1nnnn1Cc1ccc(F)cc1. The molecule has 1 heterocycles. The Bertz CT molecular complexity index is 436. The Balaban J connectivity index is 2.18. The van der Waals surface area contributed by atoms with Gasteiger partial charge in [-0.05, 0) is 28.1 Å². The molecule has 0 saturated carbocycles. The van der Waals surface area contributed by atoms with Crippen molar-refractivity contribution in [3.63, 3.8) is 0 Å². The van der Waals surface area contributed by atoms with Crippen LogP contribution >= 0.6 is 0 Å². The van der Waals surface area contributed by atoms with Crippen LogP contribution in [0.25, 0.3) is 0 Å². The van der Waals surface area contributed by atoms with Gasteiger partial charge in [0.15, 0.2) is 5.82 Å². The van der Waals surface area contributed by atoms with E-state index in [0.29, 0.717) is 12.4 Å². The first-order chi connectivity index (χ1) is 7.29. The second-order valence-electron chi connectivity index (χ2n) is 3.08. The minimum atomic E-state index is -0.255. The number of halogens is 1. The average Bonchev–Trinajstić information content (AvgIpc) is 2.69. The first-order valence-electron chi connectivity index (χ1n) is 4.49. The van der Waals surface area contributed by atoms with Gasteiger partial charge in [0.05, 0.1) is 13.1 Å². The Labute approximate surface area is 85.7 Å². The standard InChI is InChI=1S/C9H10FN5/c10-8-3-1-7(2-4-8)6-15-9(5-11)12-13-14-15/h1-4H,5-6,11H2. The number of benzene rings is 1. The summed E-state index contributed by atoms with van der Waals surface area (Å²) in [7, 11) is 0. The van der Waals surface area contributed by atoms with E-state index in [1.54, 1.807) is 16.8 Å². The van der Waals surface area contributed by atoms with E-state index in [1.165, 1.54) is 12.1 Å². The monoisotopic (exact) mass is 207 g/mol. The largest absolute Gasteiger partial charge is 0.324 e. The predicted octanol–water partition coefficient (Wildman–Crippen LogP) is 0.319. The van der Waals surface area contributed by atoms with Gasteiger partial charge in [-0.3, -0.25) is 0 Å². The highest BCUT2D eigenvalue weighted by Crippen LogP contribution is 2.05. The molecule has 1 aromatic carbocycles. The molecular weight excluding hydrogens is 197 g/mol. The summed E-state index contributed by atoms with van der Waals surface area (Å²) in [5, 5.41) is 11.1. The summed E-state index contributed by atoms with van der Waals surface area (Å²) in [5.41, 5.74) is 6.38. The van der Waals surface area contributed by atoms with E-state index in [4.69, 9.17) is 5.73 Å². The third kappa shape index (κ3) is 2.16. The minimum Gasteiger partial charge on any atom is -0.324 e. The number of rotatable bonds is 3. The fourth-order valence-corrected chi connectivity index (χ4v) is 1.25. The summed E-state index contributed by atoms with van der Waals surface area (Å²) in [6.07, 6.45) is 0. The van der Waals surface area contributed by atoms with Crippen molar-refractivity contribution >= 4 is 0 Å². The molecule has 0 spiro atoms. The third-order valence-electron chi connectivity index (χ3n) is 2.03. The molecule has 0 unspecified atom stereocenters. The molecule has 2 N–H and O–H groups in total. The van der Waals surface area contributed by atoms with Gasteiger partial charge in [-0.2, -0.15) is 0 Å². The summed E-state index contributed by atoms with van der Waals surface area (Å²) < 4.78 is 14.2.